The number of ether oxygens (including phenoxy) is 1. The molecular weight excluding hydrogens is 238 g/mol. The highest BCUT2D eigenvalue weighted by Crippen LogP contribution is 2.27. The minimum Gasteiger partial charge on any atom is -0.496 e. The van der Waals surface area contributed by atoms with Gasteiger partial charge in [-0.25, -0.2) is 0 Å². The van der Waals surface area contributed by atoms with E-state index in [0.717, 1.165) is 27.6 Å². The van der Waals surface area contributed by atoms with E-state index in [1.807, 2.05) is 37.5 Å². The van der Waals surface area contributed by atoms with Gasteiger partial charge in [0.25, 0.3) is 0 Å². The monoisotopic (exact) mass is 255 g/mol. The smallest absolute Gasteiger partial charge is 0.128 e. The van der Waals surface area contributed by atoms with E-state index >= 15 is 0 Å². The Bertz CT molecular complexity index is 730. The molecule has 0 radical (unpaired) electrons. The van der Waals surface area contributed by atoms with Crippen molar-refractivity contribution in [3.05, 3.63) is 40.9 Å². The molecule has 4 heteroatoms. The Morgan fingerprint density at radius 2 is 2.11 bits per heavy atom. The van der Waals surface area contributed by atoms with E-state index in [2.05, 4.69) is 22.0 Å². The molecule has 0 bridgehead atoms. The molecule has 2 aromatic rings. The Labute approximate surface area is 111 Å². The van der Waals surface area contributed by atoms with Crippen LogP contribution in [0.4, 0.5) is 0 Å². The highest BCUT2D eigenvalue weighted by atomic mass is 16.5. The van der Waals surface area contributed by atoms with Gasteiger partial charge in [0.1, 0.15) is 5.75 Å². The van der Waals surface area contributed by atoms with E-state index in [4.69, 9.17) is 10.5 Å². The summed E-state index contributed by atoms with van der Waals surface area (Å²) in [6, 6.07) is 10.2. The maximum absolute atomic E-state index is 5.87. The molecule has 1 atom stereocenters. The number of fused-ring (bicyclic) bond motifs is 1. The molecule has 4 nitrogen and oxygen atoms in total. The van der Waals surface area contributed by atoms with Crippen LogP contribution in [0.3, 0.4) is 0 Å². The van der Waals surface area contributed by atoms with Crippen molar-refractivity contribution in [1.29, 1.82) is 0 Å². The summed E-state index contributed by atoms with van der Waals surface area (Å²) in [6.07, 6.45) is 3.85. The molecule has 3 rings (SSSR count). The average molecular weight is 255 g/mol. The zero-order valence-corrected chi connectivity index (χ0v) is 11.1. The highest BCUT2D eigenvalue weighted by molar-refractivity contribution is 5.68. The van der Waals surface area contributed by atoms with Crippen LogP contribution in [0.25, 0.3) is 23.5 Å². The van der Waals surface area contributed by atoms with E-state index in [1.165, 1.54) is 0 Å². The topological polar surface area (TPSA) is 52.2 Å². The molecule has 19 heavy (non-hydrogen) atoms. The fourth-order valence-electron chi connectivity index (χ4n) is 2.49. The summed E-state index contributed by atoms with van der Waals surface area (Å²) in [7, 11) is 3.74. The molecule has 0 aliphatic carbocycles. The fraction of sp³-hybridized carbons (Fsp3) is 0.200. The number of nitrogens with zero attached hydrogens (tertiary/aromatic N) is 1. The zero-order valence-electron chi connectivity index (χ0n) is 11.1. The van der Waals surface area contributed by atoms with E-state index in [-0.39, 0.29) is 6.17 Å². The second-order valence-electron chi connectivity index (χ2n) is 4.63. The van der Waals surface area contributed by atoms with E-state index < -0.39 is 0 Å². The molecule has 0 saturated heterocycles. The van der Waals surface area contributed by atoms with Crippen molar-refractivity contribution >= 4 is 12.3 Å². The summed E-state index contributed by atoms with van der Waals surface area (Å²) in [5.41, 5.74) is 8.07. The minimum atomic E-state index is -0.125. The van der Waals surface area contributed by atoms with E-state index in [0.29, 0.717) is 0 Å². The molecule has 0 saturated carbocycles. The Hall–Kier alpha value is -2.20. The molecule has 0 fully saturated rings. The fourth-order valence-corrected chi connectivity index (χ4v) is 2.49. The van der Waals surface area contributed by atoms with Crippen molar-refractivity contribution in [3.63, 3.8) is 0 Å². The summed E-state index contributed by atoms with van der Waals surface area (Å²) < 4.78 is 7.58. The Morgan fingerprint density at radius 1 is 1.32 bits per heavy atom. The molecule has 2 heterocycles. The van der Waals surface area contributed by atoms with Gasteiger partial charge in [-0.05, 0) is 24.3 Å². The molecule has 1 aliphatic heterocycles. The molecule has 0 amide bonds. The Kier molecular flexibility index (Phi) is 2.80. The van der Waals surface area contributed by atoms with Crippen LogP contribution in [0.1, 0.15) is 0 Å². The van der Waals surface area contributed by atoms with Gasteiger partial charge in [-0.2, -0.15) is 0 Å². The lowest BCUT2D eigenvalue weighted by atomic mass is 10.1. The van der Waals surface area contributed by atoms with Crippen molar-refractivity contribution in [3.8, 4) is 17.0 Å². The third-order valence-corrected chi connectivity index (χ3v) is 3.47. The van der Waals surface area contributed by atoms with Crippen LogP contribution in [0.15, 0.2) is 30.3 Å². The summed E-state index contributed by atoms with van der Waals surface area (Å²) in [4.78, 5) is 0. The van der Waals surface area contributed by atoms with Gasteiger partial charge in [0.05, 0.1) is 24.3 Å². The first kappa shape index (κ1) is 11.9. The van der Waals surface area contributed by atoms with E-state index in [9.17, 15) is 0 Å². The summed E-state index contributed by atoms with van der Waals surface area (Å²) in [5.74, 6) is 0.873. The van der Waals surface area contributed by atoms with Gasteiger partial charge in [-0.15, -0.1) is 0 Å². The quantitative estimate of drug-likeness (QED) is 0.800. The lowest BCUT2D eigenvalue weighted by Crippen LogP contribution is -2.43. The normalized spacial score (nSPS) is 16.9. The number of methoxy groups -OCH3 is 1. The van der Waals surface area contributed by atoms with Gasteiger partial charge < -0.3 is 20.4 Å². The molecule has 3 N–H and O–H groups in total. The minimum absolute atomic E-state index is 0.125. The molecule has 1 aliphatic rings. The number of para-hydroxylation sites is 1. The number of rotatable bonds is 2. The van der Waals surface area contributed by atoms with Gasteiger partial charge in [-0.1, -0.05) is 12.1 Å². The summed E-state index contributed by atoms with van der Waals surface area (Å²) in [6.45, 7) is 0. The average Bonchev–Trinajstić information content (AvgIpc) is 2.75. The van der Waals surface area contributed by atoms with Crippen molar-refractivity contribution in [1.82, 2.24) is 9.88 Å². The number of benzene rings is 1. The SMILES string of the molecule is COc1ccccc1-c1cc2c(n1C)=CNC(N)C=2. The maximum Gasteiger partial charge on any atom is 0.128 e. The van der Waals surface area contributed by atoms with Crippen LogP contribution in [-0.2, 0) is 7.05 Å². The lowest BCUT2D eigenvalue weighted by Gasteiger charge is -2.11. The second kappa shape index (κ2) is 4.48. The summed E-state index contributed by atoms with van der Waals surface area (Å²) in [5, 5.41) is 5.39. The number of aromatic nitrogens is 1. The molecule has 0 spiro atoms. The van der Waals surface area contributed by atoms with Crippen molar-refractivity contribution in [2.75, 3.05) is 7.11 Å². The van der Waals surface area contributed by atoms with Crippen molar-refractivity contribution in [2.45, 2.75) is 6.17 Å². The van der Waals surface area contributed by atoms with Crippen LogP contribution in [0.5, 0.6) is 5.75 Å². The predicted molar refractivity (Wildman–Crippen MR) is 76.7 cm³/mol. The predicted octanol–water partition coefficient (Wildman–Crippen LogP) is 0.107. The third kappa shape index (κ3) is 1.90. The molecule has 1 aromatic heterocycles. The standard InChI is InChI=1S/C15H17N3O/c1-18-12(11-5-3-4-6-14(11)19-2)7-10-8-15(16)17-9-13(10)18/h3-9,15,17H,16H2,1-2H3. The Morgan fingerprint density at radius 3 is 2.89 bits per heavy atom. The maximum atomic E-state index is 5.87. The van der Waals surface area contributed by atoms with Crippen LogP contribution in [0, 0.1) is 0 Å². The first-order valence-electron chi connectivity index (χ1n) is 6.23. The van der Waals surface area contributed by atoms with Gasteiger partial charge in [0.15, 0.2) is 0 Å². The van der Waals surface area contributed by atoms with Crippen LogP contribution in [-0.4, -0.2) is 17.8 Å². The van der Waals surface area contributed by atoms with Crippen LogP contribution >= 0.6 is 0 Å². The number of nitrogens with two attached hydrogens (primary N) is 1. The molecule has 98 valence electrons. The number of hydrogen-bond acceptors (Lipinski definition) is 3. The third-order valence-electron chi connectivity index (χ3n) is 3.47. The van der Waals surface area contributed by atoms with Gasteiger partial charge in [0, 0.05) is 24.0 Å². The van der Waals surface area contributed by atoms with Crippen LogP contribution < -0.4 is 26.4 Å². The number of hydrogen-bond donors (Lipinski definition) is 2. The lowest BCUT2D eigenvalue weighted by molar-refractivity contribution is 0.416. The molecule has 1 unspecified atom stereocenters. The Balaban J connectivity index is 2.26. The zero-order chi connectivity index (χ0) is 13.4. The summed E-state index contributed by atoms with van der Waals surface area (Å²) >= 11 is 0. The van der Waals surface area contributed by atoms with Crippen molar-refractivity contribution < 1.29 is 4.74 Å². The molecule has 1 aromatic carbocycles. The van der Waals surface area contributed by atoms with Gasteiger partial charge in [0.2, 0.25) is 0 Å². The molecular formula is C15H17N3O. The van der Waals surface area contributed by atoms with E-state index in [1.54, 1.807) is 7.11 Å². The number of nitrogens with one attached hydrogen (secondary N) is 1. The highest BCUT2D eigenvalue weighted by Gasteiger charge is 2.12. The largest absolute Gasteiger partial charge is 0.496 e. The van der Waals surface area contributed by atoms with Crippen molar-refractivity contribution in [2.24, 2.45) is 12.8 Å². The van der Waals surface area contributed by atoms with Gasteiger partial charge >= 0.3 is 0 Å². The van der Waals surface area contributed by atoms with Gasteiger partial charge in [-0.3, -0.25) is 0 Å². The second-order valence-corrected chi connectivity index (χ2v) is 4.63. The van der Waals surface area contributed by atoms with Crippen LogP contribution in [0.2, 0.25) is 0 Å². The first-order valence-corrected chi connectivity index (χ1v) is 6.23. The first-order chi connectivity index (χ1) is 9.20.